The van der Waals surface area contributed by atoms with Gasteiger partial charge in [-0.2, -0.15) is 0 Å². The van der Waals surface area contributed by atoms with Crippen molar-refractivity contribution in [3.8, 4) is 0 Å². The first-order chi connectivity index (χ1) is 9.19. The van der Waals surface area contributed by atoms with Gasteiger partial charge in [0, 0.05) is 22.6 Å². The molecule has 0 aliphatic rings. The third kappa shape index (κ3) is 4.24. The highest BCUT2D eigenvalue weighted by Crippen LogP contribution is 2.23. The summed E-state index contributed by atoms with van der Waals surface area (Å²) in [5.74, 6) is 0.146. The Hall–Kier alpha value is -1.02. The van der Waals surface area contributed by atoms with E-state index in [0.29, 0.717) is 0 Å². The van der Waals surface area contributed by atoms with Crippen molar-refractivity contribution in [2.24, 2.45) is 0 Å². The van der Waals surface area contributed by atoms with Gasteiger partial charge in [0.15, 0.2) is 0 Å². The second-order valence-electron chi connectivity index (χ2n) is 4.60. The van der Waals surface area contributed by atoms with Gasteiger partial charge < -0.3 is 5.11 Å². The highest BCUT2D eigenvalue weighted by molar-refractivity contribution is 6.30. The molecule has 0 heterocycles. The van der Waals surface area contributed by atoms with Crippen LogP contribution in [0.3, 0.4) is 0 Å². The number of aryl methyl sites for hydroxylation is 1. The molecule has 0 fully saturated rings. The summed E-state index contributed by atoms with van der Waals surface area (Å²) < 4.78 is 0. The molecule has 0 bridgehead atoms. The summed E-state index contributed by atoms with van der Waals surface area (Å²) in [4.78, 5) is 0. The Kier molecular flexibility index (Phi) is 5.26. The molecular formula is C16H16Cl2O. The average molecular weight is 295 g/mol. The minimum atomic E-state index is 0.146. The van der Waals surface area contributed by atoms with Crippen LogP contribution in [-0.4, -0.2) is 11.7 Å². The fraction of sp³-hybridized carbons (Fsp3) is 0.250. The van der Waals surface area contributed by atoms with Crippen molar-refractivity contribution in [3.05, 3.63) is 69.7 Å². The molecule has 0 amide bonds. The van der Waals surface area contributed by atoms with E-state index in [-0.39, 0.29) is 12.5 Å². The topological polar surface area (TPSA) is 20.2 Å². The van der Waals surface area contributed by atoms with Gasteiger partial charge in [-0.3, -0.25) is 0 Å². The standard InChI is InChI=1S/C16H16Cl2O/c17-15-7-2-12(3-8-15)1-4-14(11-19)13-5-9-16(18)10-6-13/h2-3,5-10,14,19H,1,4,11H2. The van der Waals surface area contributed by atoms with E-state index in [1.54, 1.807) is 0 Å². The van der Waals surface area contributed by atoms with Crippen LogP contribution in [0.2, 0.25) is 10.0 Å². The lowest BCUT2D eigenvalue weighted by molar-refractivity contribution is 0.259. The van der Waals surface area contributed by atoms with Crippen LogP contribution >= 0.6 is 23.2 Å². The molecule has 1 nitrogen and oxygen atoms in total. The van der Waals surface area contributed by atoms with Crippen LogP contribution in [-0.2, 0) is 6.42 Å². The fourth-order valence-electron chi connectivity index (χ4n) is 2.09. The number of benzene rings is 2. The van der Waals surface area contributed by atoms with E-state index < -0.39 is 0 Å². The smallest absolute Gasteiger partial charge is 0.0499 e. The van der Waals surface area contributed by atoms with Crippen LogP contribution < -0.4 is 0 Å². The zero-order valence-corrected chi connectivity index (χ0v) is 12.0. The summed E-state index contributed by atoms with van der Waals surface area (Å²) in [6, 6.07) is 15.5. The van der Waals surface area contributed by atoms with Crippen molar-refractivity contribution in [2.75, 3.05) is 6.61 Å². The highest BCUT2D eigenvalue weighted by atomic mass is 35.5. The summed E-state index contributed by atoms with van der Waals surface area (Å²) in [5, 5.41) is 11.0. The Balaban J connectivity index is 1.99. The zero-order chi connectivity index (χ0) is 13.7. The Labute approximate surface area is 123 Å². The van der Waals surface area contributed by atoms with E-state index in [1.165, 1.54) is 5.56 Å². The predicted molar refractivity (Wildman–Crippen MR) is 81.1 cm³/mol. The molecule has 19 heavy (non-hydrogen) atoms. The quantitative estimate of drug-likeness (QED) is 0.847. The van der Waals surface area contributed by atoms with Gasteiger partial charge >= 0.3 is 0 Å². The van der Waals surface area contributed by atoms with Gasteiger partial charge in [-0.1, -0.05) is 47.5 Å². The Morgan fingerprint density at radius 2 is 1.37 bits per heavy atom. The van der Waals surface area contributed by atoms with Crippen LogP contribution in [0.25, 0.3) is 0 Å². The lowest BCUT2D eigenvalue weighted by atomic mass is 9.93. The molecular weight excluding hydrogens is 279 g/mol. The summed E-state index contributed by atoms with van der Waals surface area (Å²) in [6.07, 6.45) is 1.82. The van der Waals surface area contributed by atoms with Gasteiger partial charge in [-0.05, 0) is 48.2 Å². The summed E-state index contributed by atoms with van der Waals surface area (Å²) in [5.41, 5.74) is 2.36. The molecule has 0 saturated carbocycles. The maximum atomic E-state index is 9.52. The zero-order valence-electron chi connectivity index (χ0n) is 10.5. The molecule has 1 N–H and O–H groups in total. The molecule has 100 valence electrons. The first-order valence-corrected chi connectivity index (χ1v) is 7.05. The predicted octanol–water partition coefficient (Wildman–Crippen LogP) is 4.70. The molecule has 2 aromatic rings. The summed E-state index contributed by atoms with van der Waals surface area (Å²) in [7, 11) is 0. The minimum absolute atomic E-state index is 0.146. The van der Waals surface area contributed by atoms with Crippen LogP contribution in [0.15, 0.2) is 48.5 Å². The third-order valence-electron chi connectivity index (χ3n) is 3.26. The maximum absolute atomic E-state index is 9.52. The number of aliphatic hydroxyl groups is 1. The number of aliphatic hydroxyl groups excluding tert-OH is 1. The number of hydrogen-bond acceptors (Lipinski definition) is 1. The Morgan fingerprint density at radius 3 is 1.89 bits per heavy atom. The van der Waals surface area contributed by atoms with E-state index in [1.807, 2.05) is 48.5 Å². The number of halogens is 2. The third-order valence-corrected chi connectivity index (χ3v) is 3.76. The monoisotopic (exact) mass is 294 g/mol. The molecule has 3 heteroatoms. The van der Waals surface area contributed by atoms with Crippen molar-refractivity contribution in [1.82, 2.24) is 0 Å². The van der Waals surface area contributed by atoms with Crippen LogP contribution in [0.1, 0.15) is 23.5 Å². The number of rotatable bonds is 5. The van der Waals surface area contributed by atoms with Crippen molar-refractivity contribution in [2.45, 2.75) is 18.8 Å². The van der Waals surface area contributed by atoms with Gasteiger partial charge in [0.2, 0.25) is 0 Å². The van der Waals surface area contributed by atoms with E-state index >= 15 is 0 Å². The first-order valence-electron chi connectivity index (χ1n) is 6.30. The normalized spacial score (nSPS) is 12.4. The molecule has 2 aromatic carbocycles. The summed E-state index contributed by atoms with van der Waals surface area (Å²) >= 11 is 11.7. The van der Waals surface area contributed by atoms with Crippen molar-refractivity contribution < 1.29 is 5.11 Å². The maximum Gasteiger partial charge on any atom is 0.0499 e. The second kappa shape index (κ2) is 6.95. The van der Waals surface area contributed by atoms with Crippen molar-refractivity contribution in [3.63, 3.8) is 0 Å². The lowest BCUT2D eigenvalue weighted by Gasteiger charge is -2.14. The van der Waals surface area contributed by atoms with Gasteiger partial charge in [0.25, 0.3) is 0 Å². The van der Waals surface area contributed by atoms with Crippen molar-refractivity contribution in [1.29, 1.82) is 0 Å². The Bertz CT molecular complexity index is 505. The van der Waals surface area contributed by atoms with Gasteiger partial charge in [-0.15, -0.1) is 0 Å². The SMILES string of the molecule is OCC(CCc1ccc(Cl)cc1)c1ccc(Cl)cc1. The summed E-state index contributed by atoms with van der Waals surface area (Å²) in [6.45, 7) is 0.148. The Morgan fingerprint density at radius 1 is 0.842 bits per heavy atom. The molecule has 1 atom stereocenters. The van der Waals surface area contributed by atoms with Gasteiger partial charge in [0.05, 0.1) is 0 Å². The largest absolute Gasteiger partial charge is 0.396 e. The molecule has 0 spiro atoms. The van der Waals surface area contributed by atoms with E-state index in [0.717, 1.165) is 28.5 Å². The van der Waals surface area contributed by atoms with E-state index in [4.69, 9.17) is 23.2 Å². The molecule has 0 radical (unpaired) electrons. The second-order valence-corrected chi connectivity index (χ2v) is 5.47. The van der Waals surface area contributed by atoms with Crippen LogP contribution in [0.4, 0.5) is 0 Å². The molecule has 0 aliphatic heterocycles. The average Bonchev–Trinajstić information content (AvgIpc) is 2.43. The molecule has 0 saturated heterocycles. The van der Waals surface area contributed by atoms with Gasteiger partial charge in [-0.25, -0.2) is 0 Å². The van der Waals surface area contributed by atoms with Crippen LogP contribution in [0.5, 0.6) is 0 Å². The van der Waals surface area contributed by atoms with E-state index in [9.17, 15) is 5.11 Å². The first kappa shape index (κ1) is 14.4. The van der Waals surface area contributed by atoms with E-state index in [2.05, 4.69) is 0 Å². The van der Waals surface area contributed by atoms with Gasteiger partial charge in [0.1, 0.15) is 0 Å². The molecule has 2 rings (SSSR count). The molecule has 0 aliphatic carbocycles. The fourth-order valence-corrected chi connectivity index (χ4v) is 2.34. The lowest BCUT2D eigenvalue weighted by Crippen LogP contribution is -2.05. The van der Waals surface area contributed by atoms with Crippen LogP contribution in [0, 0.1) is 0 Å². The molecule has 0 aromatic heterocycles. The number of hydrogen-bond donors (Lipinski definition) is 1. The van der Waals surface area contributed by atoms with Crippen molar-refractivity contribution >= 4 is 23.2 Å². The molecule has 1 unspecified atom stereocenters. The minimum Gasteiger partial charge on any atom is -0.396 e. The highest BCUT2D eigenvalue weighted by Gasteiger charge is 2.10.